The second kappa shape index (κ2) is 5.44. The van der Waals surface area contributed by atoms with Crippen molar-refractivity contribution in [2.45, 2.75) is 26.9 Å². The van der Waals surface area contributed by atoms with E-state index in [1.54, 1.807) is 28.0 Å². The van der Waals surface area contributed by atoms with Gasteiger partial charge in [0.05, 0.1) is 23.6 Å². The minimum atomic E-state index is 0.0269. The lowest BCUT2D eigenvalue weighted by Crippen LogP contribution is -2.30. The summed E-state index contributed by atoms with van der Waals surface area (Å²) in [6, 6.07) is 4.01. The van der Waals surface area contributed by atoms with Crippen molar-refractivity contribution in [3.05, 3.63) is 33.8 Å². The molecule has 0 aliphatic heterocycles. The van der Waals surface area contributed by atoms with Crippen molar-refractivity contribution < 1.29 is 4.79 Å². The second-order valence-corrected chi connectivity index (χ2v) is 5.60. The molecule has 0 unspecified atom stereocenters. The van der Waals surface area contributed by atoms with Gasteiger partial charge in [-0.25, -0.2) is 0 Å². The number of nitrogens with two attached hydrogens (primary N) is 1. The topological polar surface area (TPSA) is 64.2 Å². The summed E-state index contributed by atoms with van der Waals surface area (Å²) in [6.45, 7) is 4.58. The van der Waals surface area contributed by atoms with Gasteiger partial charge in [-0.1, -0.05) is 6.07 Å². The van der Waals surface area contributed by atoms with Gasteiger partial charge in [-0.15, -0.1) is 11.3 Å². The van der Waals surface area contributed by atoms with Crippen LogP contribution in [-0.2, 0) is 17.9 Å². The van der Waals surface area contributed by atoms with E-state index in [9.17, 15) is 4.79 Å². The van der Waals surface area contributed by atoms with Crippen molar-refractivity contribution in [3.8, 4) is 0 Å². The summed E-state index contributed by atoms with van der Waals surface area (Å²) in [5.41, 5.74) is 8.13. The van der Waals surface area contributed by atoms with Gasteiger partial charge < -0.3 is 10.6 Å². The number of nitrogen functional groups attached to an aromatic ring is 1. The Bertz CT molecular complexity index is 574. The van der Waals surface area contributed by atoms with Crippen molar-refractivity contribution in [3.63, 3.8) is 0 Å². The van der Waals surface area contributed by atoms with Gasteiger partial charge in [0, 0.05) is 11.9 Å². The van der Waals surface area contributed by atoms with Crippen LogP contribution in [0, 0.1) is 13.8 Å². The van der Waals surface area contributed by atoms with E-state index in [4.69, 9.17) is 5.73 Å². The summed E-state index contributed by atoms with van der Waals surface area (Å²) >= 11 is 1.65. The predicted molar refractivity (Wildman–Crippen MR) is 76.9 cm³/mol. The lowest BCUT2D eigenvalue weighted by atomic mass is 10.3. The SMILES string of the molecule is Cc1nn(CC(=O)N(C)Cc2cccs2)c(C)c1N. The number of nitrogens with zero attached hydrogens (tertiary/aromatic N) is 3. The fourth-order valence-electron chi connectivity index (χ4n) is 1.84. The number of thiophene rings is 1. The maximum absolute atomic E-state index is 12.1. The minimum absolute atomic E-state index is 0.0269. The van der Waals surface area contributed by atoms with Gasteiger partial charge in [-0.3, -0.25) is 9.48 Å². The largest absolute Gasteiger partial charge is 0.396 e. The first-order valence-corrected chi connectivity index (χ1v) is 6.93. The number of likely N-dealkylation sites (N-methyl/N-ethyl adjacent to an activating group) is 1. The zero-order valence-electron chi connectivity index (χ0n) is 11.4. The number of carbonyl (C=O) groups excluding carboxylic acids is 1. The fourth-order valence-corrected chi connectivity index (χ4v) is 2.60. The number of aryl methyl sites for hydroxylation is 1. The lowest BCUT2D eigenvalue weighted by molar-refractivity contribution is -0.131. The molecule has 2 rings (SSSR count). The van der Waals surface area contributed by atoms with Gasteiger partial charge in [-0.05, 0) is 25.3 Å². The summed E-state index contributed by atoms with van der Waals surface area (Å²) in [5, 5.41) is 6.29. The van der Waals surface area contributed by atoms with Gasteiger partial charge in [-0.2, -0.15) is 5.10 Å². The molecule has 0 spiro atoms. The first-order valence-electron chi connectivity index (χ1n) is 6.05. The van der Waals surface area contributed by atoms with Crippen molar-refractivity contribution in [1.82, 2.24) is 14.7 Å². The third-order valence-corrected chi connectivity index (χ3v) is 3.98. The molecule has 0 aliphatic rings. The Hall–Kier alpha value is -1.82. The third kappa shape index (κ3) is 2.96. The summed E-state index contributed by atoms with van der Waals surface area (Å²) in [6.07, 6.45) is 0. The smallest absolute Gasteiger partial charge is 0.244 e. The lowest BCUT2D eigenvalue weighted by Gasteiger charge is -2.16. The molecule has 0 saturated heterocycles. The van der Waals surface area contributed by atoms with E-state index in [0.29, 0.717) is 12.2 Å². The molecule has 0 radical (unpaired) electrons. The molecule has 6 heteroatoms. The molecule has 2 aromatic rings. The molecule has 102 valence electrons. The Kier molecular flexibility index (Phi) is 3.90. The number of rotatable bonds is 4. The Morgan fingerprint density at radius 1 is 1.53 bits per heavy atom. The molecule has 19 heavy (non-hydrogen) atoms. The highest BCUT2D eigenvalue weighted by molar-refractivity contribution is 7.09. The van der Waals surface area contributed by atoms with Crippen LogP contribution in [0.2, 0.25) is 0 Å². The van der Waals surface area contributed by atoms with E-state index >= 15 is 0 Å². The van der Waals surface area contributed by atoms with Gasteiger partial charge in [0.1, 0.15) is 6.54 Å². The van der Waals surface area contributed by atoms with Gasteiger partial charge in [0.2, 0.25) is 5.91 Å². The number of aromatic nitrogens is 2. The number of carbonyl (C=O) groups is 1. The quantitative estimate of drug-likeness (QED) is 0.927. The molecule has 0 fully saturated rings. The molecule has 1 amide bonds. The summed E-state index contributed by atoms with van der Waals surface area (Å²) in [7, 11) is 1.80. The zero-order valence-corrected chi connectivity index (χ0v) is 12.2. The first-order chi connectivity index (χ1) is 8.99. The third-order valence-electron chi connectivity index (χ3n) is 3.12. The number of hydrogen-bond donors (Lipinski definition) is 1. The molecule has 2 heterocycles. The maximum Gasteiger partial charge on any atom is 0.244 e. The summed E-state index contributed by atoms with van der Waals surface area (Å²) in [5.74, 6) is 0.0269. The Labute approximate surface area is 116 Å². The number of hydrogen-bond acceptors (Lipinski definition) is 4. The molecule has 5 nitrogen and oxygen atoms in total. The number of anilines is 1. The van der Waals surface area contributed by atoms with Crippen LogP contribution in [0.4, 0.5) is 5.69 Å². The van der Waals surface area contributed by atoms with Crippen LogP contribution in [0.5, 0.6) is 0 Å². The van der Waals surface area contributed by atoms with Gasteiger partial charge in [0.25, 0.3) is 0 Å². The minimum Gasteiger partial charge on any atom is -0.396 e. The number of amides is 1. The molecule has 0 saturated carbocycles. The van der Waals surface area contributed by atoms with Crippen LogP contribution in [0.15, 0.2) is 17.5 Å². The molecule has 0 bridgehead atoms. The average Bonchev–Trinajstić information content (AvgIpc) is 2.95. The molecule has 2 N–H and O–H groups in total. The van der Waals surface area contributed by atoms with E-state index in [1.165, 1.54) is 4.88 Å². The Balaban J connectivity index is 2.02. The zero-order chi connectivity index (χ0) is 14.0. The second-order valence-electron chi connectivity index (χ2n) is 4.57. The molecule has 0 atom stereocenters. The van der Waals surface area contributed by atoms with E-state index in [2.05, 4.69) is 5.10 Å². The average molecular weight is 278 g/mol. The molecular weight excluding hydrogens is 260 g/mol. The Morgan fingerprint density at radius 2 is 2.26 bits per heavy atom. The highest BCUT2D eigenvalue weighted by atomic mass is 32.1. The molecule has 2 aromatic heterocycles. The van der Waals surface area contributed by atoms with Crippen molar-refractivity contribution in [2.75, 3.05) is 12.8 Å². The van der Waals surface area contributed by atoms with Gasteiger partial charge >= 0.3 is 0 Å². The van der Waals surface area contributed by atoms with E-state index in [0.717, 1.165) is 11.4 Å². The predicted octanol–water partition coefficient (Wildman–Crippen LogP) is 1.80. The fraction of sp³-hybridized carbons (Fsp3) is 0.385. The van der Waals surface area contributed by atoms with Crippen molar-refractivity contribution in [2.24, 2.45) is 0 Å². The molecule has 0 aromatic carbocycles. The van der Waals surface area contributed by atoms with Crippen LogP contribution >= 0.6 is 11.3 Å². The van der Waals surface area contributed by atoms with Gasteiger partial charge in [0.15, 0.2) is 0 Å². The van der Waals surface area contributed by atoms with Crippen LogP contribution in [0.25, 0.3) is 0 Å². The summed E-state index contributed by atoms with van der Waals surface area (Å²) in [4.78, 5) is 15.0. The summed E-state index contributed by atoms with van der Waals surface area (Å²) < 4.78 is 1.66. The van der Waals surface area contributed by atoms with E-state index < -0.39 is 0 Å². The van der Waals surface area contributed by atoms with Crippen molar-refractivity contribution in [1.29, 1.82) is 0 Å². The van der Waals surface area contributed by atoms with Crippen LogP contribution in [0.3, 0.4) is 0 Å². The van der Waals surface area contributed by atoms with E-state index in [1.807, 2.05) is 31.4 Å². The molecular formula is C13H18N4OS. The first kappa shape index (κ1) is 13.6. The van der Waals surface area contributed by atoms with E-state index in [-0.39, 0.29) is 12.5 Å². The van der Waals surface area contributed by atoms with Crippen LogP contribution in [0.1, 0.15) is 16.3 Å². The monoisotopic (exact) mass is 278 g/mol. The standard InChI is InChI=1S/C13H18N4OS/c1-9-13(14)10(2)17(15-9)8-12(18)16(3)7-11-5-4-6-19-11/h4-6H,7-8,14H2,1-3H3. The van der Waals surface area contributed by atoms with Crippen LogP contribution in [-0.4, -0.2) is 27.6 Å². The Morgan fingerprint density at radius 3 is 2.79 bits per heavy atom. The highest BCUT2D eigenvalue weighted by Crippen LogP contribution is 2.15. The maximum atomic E-state index is 12.1. The van der Waals surface area contributed by atoms with Crippen molar-refractivity contribution >= 4 is 22.9 Å². The normalized spacial score (nSPS) is 10.7. The van der Waals surface area contributed by atoms with Crippen LogP contribution < -0.4 is 5.73 Å². The molecule has 0 aliphatic carbocycles. The highest BCUT2D eigenvalue weighted by Gasteiger charge is 2.14.